The van der Waals surface area contributed by atoms with Gasteiger partial charge < -0.3 is 10.4 Å². The first-order chi connectivity index (χ1) is 8.85. The molecule has 1 aliphatic carbocycles. The van der Waals surface area contributed by atoms with E-state index in [1.807, 2.05) is 0 Å². The number of rotatable bonds is 3. The second kappa shape index (κ2) is 5.45. The van der Waals surface area contributed by atoms with E-state index in [2.05, 4.69) is 21.2 Å². The highest BCUT2D eigenvalue weighted by molar-refractivity contribution is 9.10. The van der Waals surface area contributed by atoms with Crippen LogP contribution >= 0.6 is 15.9 Å². The third kappa shape index (κ3) is 3.89. The zero-order valence-corrected chi connectivity index (χ0v) is 11.7. The third-order valence-corrected chi connectivity index (χ3v) is 3.86. The first-order valence-corrected chi connectivity index (χ1v) is 6.81. The van der Waals surface area contributed by atoms with E-state index in [4.69, 9.17) is 0 Å². The topological polar surface area (TPSA) is 49.3 Å². The quantitative estimate of drug-likeness (QED) is 0.823. The Bertz CT molecular complexity index is 494. The van der Waals surface area contributed by atoms with Gasteiger partial charge in [-0.1, -0.05) is 0 Å². The van der Waals surface area contributed by atoms with Crippen molar-refractivity contribution in [3.05, 3.63) is 22.7 Å². The molecular formula is C13H14BrF2NO2. The van der Waals surface area contributed by atoms with Crippen molar-refractivity contribution in [1.29, 1.82) is 0 Å². The molecule has 1 aliphatic rings. The highest BCUT2D eigenvalue weighted by atomic mass is 79.9. The number of phenolic OH excluding ortho intramolecular Hbond substituents is 1. The van der Waals surface area contributed by atoms with Crippen molar-refractivity contribution < 1.29 is 18.7 Å². The van der Waals surface area contributed by atoms with Crippen LogP contribution in [-0.4, -0.2) is 16.9 Å². The Labute approximate surface area is 118 Å². The number of anilines is 1. The van der Waals surface area contributed by atoms with Crippen LogP contribution in [0.3, 0.4) is 0 Å². The van der Waals surface area contributed by atoms with Gasteiger partial charge in [0.1, 0.15) is 5.75 Å². The number of alkyl halides is 2. The van der Waals surface area contributed by atoms with Gasteiger partial charge in [0, 0.05) is 23.7 Å². The van der Waals surface area contributed by atoms with Gasteiger partial charge in [-0.05, 0) is 46.5 Å². The molecule has 0 aromatic heterocycles. The SMILES string of the molecule is O=C(C[C@H]1CCC(F)(F)C1)Nc1ccc(O)cc1Br. The molecule has 0 saturated heterocycles. The van der Waals surface area contributed by atoms with Crippen LogP contribution in [-0.2, 0) is 4.79 Å². The van der Waals surface area contributed by atoms with Crippen molar-refractivity contribution in [3.8, 4) is 5.75 Å². The fraction of sp³-hybridized carbons (Fsp3) is 0.462. The average Bonchev–Trinajstić information content (AvgIpc) is 2.62. The summed E-state index contributed by atoms with van der Waals surface area (Å²) in [4.78, 5) is 11.8. The van der Waals surface area contributed by atoms with E-state index in [9.17, 15) is 18.7 Å². The second-order valence-corrected chi connectivity index (χ2v) is 5.74. The van der Waals surface area contributed by atoms with Gasteiger partial charge in [0.25, 0.3) is 0 Å². The Morgan fingerprint density at radius 3 is 2.84 bits per heavy atom. The maximum atomic E-state index is 13.0. The second-order valence-electron chi connectivity index (χ2n) is 4.88. The van der Waals surface area contributed by atoms with E-state index in [1.54, 1.807) is 6.07 Å². The molecule has 0 aliphatic heterocycles. The van der Waals surface area contributed by atoms with E-state index < -0.39 is 5.92 Å². The van der Waals surface area contributed by atoms with E-state index in [0.717, 1.165) is 0 Å². The highest BCUT2D eigenvalue weighted by Gasteiger charge is 2.39. The summed E-state index contributed by atoms with van der Waals surface area (Å²) in [5.74, 6) is -3.08. The number of halogens is 3. The zero-order chi connectivity index (χ0) is 14.0. The Morgan fingerprint density at radius 1 is 1.53 bits per heavy atom. The minimum Gasteiger partial charge on any atom is -0.508 e. The number of hydrogen-bond acceptors (Lipinski definition) is 2. The summed E-state index contributed by atoms with van der Waals surface area (Å²) in [6, 6.07) is 4.46. The minimum atomic E-state index is -2.62. The Hall–Kier alpha value is -1.17. The predicted octanol–water partition coefficient (Wildman–Crippen LogP) is 3.92. The normalized spacial score (nSPS) is 21.3. The first-order valence-electron chi connectivity index (χ1n) is 6.02. The van der Waals surface area contributed by atoms with Crippen LogP contribution in [0, 0.1) is 5.92 Å². The number of aromatic hydroxyl groups is 1. The van der Waals surface area contributed by atoms with Crippen molar-refractivity contribution in [2.45, 2.75) is 31.6 Å². The van der Waals surface area contributed by atoms with Crippen LogP contribution in [0.5, 0.6) is 5.75 Å². The van der Waals surface area contributed by atoms with Crippen LogP contribution in [0.25, 0.3) is 0 Å². The average molecular weight is 334 g/mol. The van der Waals surface area contributed by atoms with Crippen molar-refractivity contribution in [2.24, 2.45) is 5.92 Å². The fourth-order valence-corrected chi connectivity index (χ4v) is 2.75. The maximum absolute atomic E-state index is 13.0. The Balaban J connectivity index is 1.91. The van der Waals surface area contributed by atoms with Crippen molar-refractivity contribution in [2.75, 3.05) is 5.32 Å². The van der Waals surface area contributed by atoms with Gasteiger partial charge in [0.2, 0.25) is 11.8 Å². The van der Waals surface area contributed by atoms with Gasteiger partial charge in [-0.25, -0.2) is 8.78 Å². The van der Waals surface area contributed by atoms with Crippen molar-refractivity contribution >= 4 is 27.5 Å². The lowest BCUT2D eigenvalue weighted by atomic mass is 10.0. The number of phenols is 1. The summed E-state index contributed by atoms with van der Waals surface area (Å²) >= 11 is 3.21. The summed E-state index contributed by atoms with van der Waals surface area (Å²) in [5.41, 5.74) is 0.521. The van der Waals surface area contributed by atoms with Crippen LogP contribution < -0.4 is 5.32 Å². The fourth-order valence-electron chi connectivity index (χ4n) is 2.28. The molecule has 1 fully saturated rings. The van der Waals surface area contributed by atoms with Crippen LogP contribution in [0.15, 0.2) is 22.7 Å². The smallest absolute Gasteiger partial charge is 0.248 e. The number of carbonyl (C=O) groups is 1. The van der Waals surface area contributed by atoms with Gasteiger partial charge in [0.15, 0.2) is 0 Å². The first kappa shape index (κ1) is 14.2. The molecule has 0 radical (unpaired) electrons. The largest absolute Gasteiger partial charge is 0.508 e. The number of amides is 1. The summed E-state index contributed by atoms with van der Waals surface area (Å²) in [6.07, 6.45) is 0.144. The number of benzene rings is 1. The summed E-state index contributed by atoms with van der Waals surface area (Å²) in [7, 11) is 0. The monoisotopic (exact) mass is 333 g/mol. The van der Waals surface area contributed by atoms with Gasteiger partial charge >= 0.3 is 0 Å². The predicted molar refractivity (Wildman–Crippen MR) is 71.3 cm³/mol. The standard InChI is InChI=1S/C13H14BrF2NO2/c14-10-6-9(18)1-2-11(10)17-12(19)5-8-3-4-13(15,16)7-8/h1-2,6,8,18H,3-5,7H2,(H,17,19)/t8-/m1/s1. The lowest BCUT2D eigenvalue weighted by Gasteiger charge is -2.12. The molecule has 1 aromatic carbocycles. The molecule has 1 saturated carbocycles. The molecule has 3 nitrogen and oxygen atoms in total. The van der Waals surface area contributed by atoms with Crippen LogP contribution in [0.2, 0.25) is 0 Å². The molecule has 6 heteroatoms. The molecular weight excluding hydrogens is 320 g/mol. The molecule has 2 rings (SSSR count). The Morgan fingerprint density at radius 2 is 2.26 bits per heavy atom. The van der Waals surface area contributed by atoms with Gasteiger partial charge in [-0.15, -0.1) is 0 Å². The lowest BCUT2D eigenvalue weighted by molar-refractivity contribution is -0.117. The zero-order valence-electron chi connectivity index (χ0n) is 10.1. The number of carbonyl (C=O) groups excluding carboxylic acids is 1. The lowest BCUT2D eigenvalue weighted by Crippen LogP contribution is -2.17. The van der Waals surface area contributed by atoms with Crippen LogP contribution in [0.4, 0.5) is 14.5 Å². The number of nitrogens with one attached hydrogen (secondary N) is 1. The molecule has 0 heterocycles. The molecule has 1 amide bonds. The summed E-state index contributed by atoms with van der Waals surface area (Å²) < 4.78 is 26.6. The Kier molecular flexibility index (Phi) is 4.08. The summed E-state index contributed by atoms with van der Waals surface area (Å²) in [6.45, 7) is 0. The molecule has 104 valence electrons. The third-order valence-electron chi connectivity index (χ3n) is 3.21. The summed E-state index contributed by atoms with van der Waals surface area (Å²) in [5, 5.41) is 11.9. The van der Waals surface area contributed by atoms with E-state index in [1.165, 1.54) is 12.1 Å². The van der Waals surface area contributed by atoms with E-state index >= 15 is 0 Å². The molecule has 0 spiro atoms. The molecule has 1 atom stereocenters. The van der Waals surface area contributed by atoms with Gasteiger partial charge in [-0.2, -0.15) is 0 Å². The van der Waals surface area contributed by atoms with Crippen molar-refractivity contribution in [3.63, 3.8) is 0 Å². The van der Waals surface area contributed by atoms with E-state index in [-0.39, 0.29) is 36.8 Å². The molecule has 0 bridgehead atoms. The van der Waals surface area contributed by atoms with Gasteiger partial charge in [-0.3, -0.25) is 4.79 Å². The molecule has 1 aromatic rings. The van der Waals surface area contributed by atoms with Crippen molar-refractivity contribution in [1.82, 2.24) is 0 Å². The molecule has 19 heavy (non-hydrogen) atoms. The van der Waals surface area contributed by atoms with E-state index in [0.29, 0.717) is 16.6 Å². The minimum absolute atomic E-state index is 0.0836. The molecule has 0 unspecified atom stereocenters. The van der Waals surface area contributed by atoms with Gasteiger partial charge in [0.05, 0.1) is 5.69 Å². The van der Waals surface area contributed by atoms with Crippen LogP contribution in [0.1, 0.15) is 25.7 Å². The highest BCUT2D eigenvalue weighted by Crippen LogP contribution is 2.40. The molecule has 2 N–H and O–H groups in total. The number of hydrogen-bond donors (Lipinski definition) is 2. The maximum Gasteiger partial charge on any atom is 0.248 e.